The van der Waals surface area contributed by atoms with Crippen LogP contribution < -0.4 is 0 Å². The molecule has 1 aliphatic rings. The van der Waals surface area contributed by atoms with Crippen molar-refractivity contribution in [1.82, 2.24) is 0 Å². The highest BCUT2D eigenvalue weighted by molar-refractivity contribution is 5.87. The standard InChI is InChI=1S/C43H38O2/c44-27-11-17-33-23-25-35(29-39(33)31-13-3-1-4-14-31)43(41-21-9-7-19-37(41)38-20-8-10-22-42(38)43)36-26-24-34(18-12-28-45)40(30-36)32-15-5-2-6-16-32/h1-10,13-16,19-26,29-30,44-45H,11-12,17-18,27-28H2. The minimum atomic E-state index is -0.536. The Hall–Kier alpha value is -4.76. The van der Waals surface area contributed by atoms with Gasteiger partial charge in [0.15, 0.2) is 0 Å². The molecule has 222 valence electrons. The summed E-state index contributed by atoms with van der Waals surface area (Å²) in [6.45, 7) is 0.344. The van der Waals surface area contributed by atoms with Crippen LogP contribution in [0.5, 0.6) is 0 Å². The van der Waals surface area contributed by atoms with Crippen LogP contribution in [0.3, 0.4) is 0 Å². The quantitative estimate of drug-likeness (QED) is 0.168. The van der Waals surface area contributed by atoms with Gasteiger partial charge in [0.1, 0.15) is 0 Å². The molecule has 6 aromatic rings. The fourth-order valence-electron chi connectivity index (χ4n) is 7.39. The van der Waals surface area contributed by atoms with E-state index in [-0.39, 0.29) is 13.2 Å². The van der Waals surface area contributed by atoms with Crippen LogP contribution in [0.1, 0.15) is 46.2 Å². The largest absolute Gasteiger partial charge is 0.396 e. The van der Waals surface area contributed by atoms with Crippen LogP contribution >= 0.6 is 0 Å². The molecule has 0 unspecified atom stereocenters. The number of aliphatic hydroxyl groups excluding tert-OH is 2. The number of benzene rings is 6. The normalized spacial score (nSPS) is 12.9. The fraction of sp³-hybridized carbons (Fsp3) is 0.163. The van der Waals surface area contributed by atoms with Gasteiger partial charge in [0.05, 0.1) is 5.41 Å². The lowest BCUT2D eigenvalue weighted by atomic mass is 9.66. The molecular weight excluding hydrogens is 548 g/mol. The summed E-state index contributed by atoms with van der Waals surface area (Å²) in [4.78, 5) is 0. The van der Waals surface area contributed by atoms with E-state index in [1.54, 1.807) is 0 Å². The van der Waals surface area contributed by atoms with E-state index >= 15 is 0 Å². The Morgan fingerprint density at radius 3 is 1.22 bits per heavy atom. The predicted octanol–water partition coefficient (Wildman–Crippen LogP) is 9.23. The number of rotatable bonds is 10. The van der Waals surface area contributed by atoms with Crippen LogP contribution in [-0.2, 0) is 18.3 Å². The van der Waals surface area contributed by atoms with Crippen LogP contribution in [0.2, 0.25) is 0 Å². The van der Waals surface area contributed by atoms with Gasteiger partial charge in [-0.05, 0) is 105 Å². The summed E-state index contributed by atoms with van der Waals surface area (Å²) < 4.78 is 0. The molecule has 0 bridgehead atoms. The smallest absolute Gasteiger partial charge is 0.0714 e. The highest BCUT2D eigenvalue weighted by Gasteiger charge is 2.46. The minimum Gasteiger partial charge on any atom is -0.396 e. The van der Waals surface area contributed by atoms with E-state index in [1.807, 2.05) is 0 Å². The summed E-state index contributed by atoms with van der Waals surface area (Å²) in [5.74, 6) is 0. The van der Waals surface area contributed by atoms with Gasteiger partial charge < -0.3 is 10.2 Å². The summed E-state index contributed by atoms with van der Waals surface area (Å²) in [5.41, 5.74) is 14.3. The molecular formula is C43H38O2. The summed E-state index contributed by atoms with van der Waals surface area (Å²) in [7, 11) is 0. The van der Waals surface area contributed by atoms with Crippen LogP contribution in [0.4, 0.5) is 0 Å². The van der Waals surface area contributed by atoms with E-state index in [0.29, 0.717) is 0 Å². The molecule has 0 amide bonds. The van der Waals surface area contributed by atoms with Crippen molar-refractivity contribution >= 4 is 0 Å². The van der Waals surface area contributed by atoms with Gasteiger partial charge in [0.25, 0.3) is 0 Å². The first-order valence-electron chi connectivity index (χ1n) is 16.0. The van der Waals surface area contributed by atoms with Crippen molar-refractivity contribution in [3.63, 3.8) is 0 Å². The van der Waals surface area contributed by atoms with Crippen molar-refractivity contribution in [2.45, 2.75) is 31.1 Å². The van der Waals surface area contributed by atoms with Crippen molar-refractivity contribution in [3.05, 3.63) is 179 Å². The molecule has 0 radical (unpaired) electrons. The first-order valence-corrected chi connectivity index (χ1v) is 16.0. The second-order valence-corrected chi connectivity index (χ2v) is 12.0. The Kier molecular flexibility index (Phi) is 8.17. The van der Waals surface area contributed by atoms with Gasteiger partial charge in [-0.25, -0.2) is 0 Å². The first-order chi connectivity index (χ1) is 22.3. The number of aryl methyl sites for hydroxylation is 2. The van der Waals surface area contributed by atoms with Crippen LogP contribution in [0.25, 0.3) is 33.4 Å². The maximum atomic E-state index is 9.71. The zero-order valence-electron chi connectivity index (χ0n) is 25.5. The molecule has 45 heavy (non-hydrogen) atoms. The number of aliphatic hydroxyl groups is 2. The Bertz CT molecular complexity index is 1780. The molecule has 0 heterocycles. The molecule has 0 saturated heterocycles. The molecule has 0 atom stereocenters. The molecule has 2 nitrogen and oxygen atoms in total. The molecule has 6 aromatic carbocycles. The Balaban J connectivity index is 1.55. The Morgan fingerprint density at radius 2 is 0.800 bits per heavy atom. The van der Waals surface area contributed by atoms with Gasteiger partial charge in [-0.3, -0.25) is 0 Å². The second-order valence-electron chi connectivity index (χ2n) is 12.0. The molecule has 0 spiro atoms. The lowest BCUT2D eigenvalue weighted by molar-refractivity contribution is 0.288. The lowest BCUT2D eigenvalue weighted by Crippen LogP contribution is -2.29. The predicted molar refractivity (Wildman–Crippen MR) is 185 cm³/mol. The fourth-order valence-corrected chi connectivity index (χ4v) is 7.39. The summed E-state index contributed by atoms with van der Waals surface area (Å²) >= 11 is 0. The van der Waals surface area contributed by atoms with E-state index in [1.165, 1.54) is 66.8 Å². The van der Waals surface area contributed by atoms with Gasteiger partial charge in [0, 0.05) is 13.2 Å². The van der Waals surface area contributed by atoms with E-state index < -0.39 is 5.41 Å². The average molecular weight is 587 g/mol. The van der Waals surface area contributed by atoms with E-state index in [4.69, 9.17) is 0 Å². The van der Waals surface area contributed by atoms with Crippen molar-refractivity contribution < 1.29 is 10.2 Å². The monoisotopic (exact) mass is 586 g/mol. The number of hydrogen-bond donors (Lipinski definition) is 2. The molecule has 0 saturated carbocycles. The Labute approximate surface area is 266 Å². The molecule has 7 rings (SSSR count). The third-order valence-electron chi connectivity index (χ3n) is 9.42. The van der Waals surface area contributed by atoms with E-state index in [0.717, 1.165) is 25.7 Å². The maximum absolute atomic E-state index is 9.71. The molecule has 0 fully saturated rings. The summed E-state index contributed by atoms with van der Waals surface area (Å²) in [6.07, 6.45) is 3.09. The first kappa shape index (κ1) is 29.0. The molecule has 1 aliphatic carbocycles. The Morgan fingerprint density at radius 1 is 0.400 bits per heavy atom. The summed E-state index contributed by atoms with van der Waals surface area (Å²) in [6, 6.07) is 53.1. The van der Waals surface area contributed by atoms with Gasteiger partial charge in [-0.1, -0.05) is 133 Å². The van der Waals surface area contributed by atoms with Crippen molar-refractivity contribution in [3.8, 4) is 33.4 Å². The van der Waals surface area contributed by atoms with Gasteiger partial charge in [0.2, 0.25) is 0 Å². The number of fused-ring (bicyclic) bond motifs is 3. The van der Waals surface area contributed by atoms with Crippen molar-refractivity contribution in [2.24, 2.45) is 0 Å². The molecule has 0 aromatic heterocycles. The minimum absolute atomic E-state index is 0.172. The van der Waals surface area contributed by atoms with Crippen molar-refractivity contribution in [2.75, 3.05) is 13.2 Å². The summed E-state index contributed by atoms with van der Waals surface area (Å²) in [5, 5.41) is 19.4. The SMILES string of the molecule is OCCCc1ccc(C2(c3ccc(CCCO)c(-c4ccccc4)c3)c3ccccc3-c3ccccc32)cc1-c1ccccc1. The molecule has 0 aliphatic heterocycles. The second kappa shape index (κ2) is 12.7. The van der Waals surface area contributed by atoms with Gasteiger partial charge in [-0.2, -0.15) is 0 Å². The highest BCUT2D eigenvalue weighted by Crippen LogP contribution is 2.57. The van der Waals surface area contributed by atoms with Crippen LogP contribution in [-0.4, -0.2) is 23.4 Å². The zero-order valence-corrected chi connectivity index (χ0v) is 25.5. The van der Waals surface area contributed by atoms with Crippen molar-refractivity contribution in [1.29, 1.82) is 0 Å². The highest BCUT2D eigenvalue weighted by atomic mass is 16.3. The average Bonchev–Trinajstić information content (AvgIpc) is 3.41. The van der Waals surface area contributed by atoms with Crippen LogP contribution in [0, 0.1) is 0 Å². The third kappa shape index (κ3) is 5.11. The number of hydrogen-bond acceptors (Lipinski definition) is 2. The lowest BCUT2D eigenvalue weighted by Gasteiger charge is -2.35. The third-order valence-corrected chi connectivity index (χ3v) is 9.42. The zero-order chi connectivity index (χ0) is 30.6. The van der Waals surface area contributed by atoms with Gasteiger partial charge in [-0.15, -0.1) is 0 Å². The molecule has 2 heteroatoms. The maximum Gasteiger partial charge on any atom is 0.0714 e. The topological polar surface area (TPSA) is 40.5 Å². The van der Waals surface area contributed by atoms with E-state index in [2.05, 4.69) is 146 Å². The van der Waals surface area contributed by atoms with E-state index in [9.17, 15) is 10.2 Å². The van der Waals surface area contributed by atoms with Gasteiger partial charge >= 0.3 is 0 Å². The van der Waals surface area contributed by atoms with Crippen LogP contribution in [0.15, 0.2) is 146 Å². The molecule has 2 N–H and O–H groups in total.